The molecule has 1 N–H and O–H groups in total. The second-order valence-corrected chi connectivity index (χ2v) is 5.61. The summed E-state index contributed by atoms with van der Waals surface area (Å²) >= 11 is 3.50. The molecule has 0 heterocycles. The molecule has 0 aromatic heterocycles. The standard InChI is InChI=1S/C11H17BrF3NO2/c12-8-4-2-1-3-5-9(8)16-10(17)6-18-7-11(13,14)15/h8-9H,1-7H2,(H,16,17). The van der Waals surface area contributed by atoms with Gasteiger partial charge in [0.1, 0.15) is 13.2 Å². The van der Waals surface area contributed by atoms with Gasteiger partial charge in [0.2, 0.25) is 5.91 Å². The molecule has 106 valence electrons. The molecule has 1 aliphatic rings. The SMILES string of the molecule is O=C(COCC(F)(F)F)NC1CCCCCC1Br. The smallest absolute Gasteiger partial charge is 0.362 e. The first-order valence-corrected chi connectivity index (χ1v) is 6.88. The molecule has 1 amide bonds. The second kappa shape index (κ2) is 7.33. The summed E-state index contributed by atoms with van der Waals surface area (Å²) in [4.78, 5) is 11.6. The quantitative estimate of drug-likeness (QED) is 0.635. The van der Waals surface area contributed by atoms with Crippen LogP contribution in [0.25, 0.3) is 0 Å². The zero-order valence-electron chi connectivity index (χ0n) is 9.93. The van der Waals surface area contributed by atoms with Gasteiger partial charge < -0.3 is 10.1 Å². The molecule has 18 heavy (non-hydrogen) atoms. The molecule has 0 spiro atoms. The molecule has 1 aliphatic carbocycles. The highest BCUT2D eigenvalue weighted by Crippen LogP contribution is 2.23. The van der Waals surface area contributed by atoms with E-state index in [1.807, 2.05) is 0 Å². The first kappa shape index (κ1) is 15.8. The van der Waals surface area contributed by atoms with Gasteiger partial charge in [-0.2, -0.15) is 13.2 Å². The minimum absolute atomic E-state index is 0.0190. The topological polar surface area (TPSA) is 38.3 Å². The van der Waals surface area contributed by atoms with Gasteiger partial charge >= 0.3 is 6.18 Å². The van der Waals surface area contributed by atoms with Gasteiger partial charge in [-0.1, -0.05) is 35.2 Å². The Balaban J connectivity index is 2.26. The number of rotatable bonds is 4. The Hall–Kier alpha value is -0.300. The van der Waals surface area contributed by atoms with Crippen molar-refractivity contribution in [1.82, 2.24) is 5.32 Å². The average molecular weight is 332 g/mol. The summed E-state index contributed by atoms with van der Waals surface area (Å²) in [6, 6.07) is -0.0190. The van der Waals surface area contributed by atoms with Crippen molar-refractivity contribution < 1.29 is 22.7 Å². The van der Waals surface area contributed by atoms with Crippen molar-refractivity contribution in [1.29, 1.82) is 0 Å². The fraction of sp³-hybridized carbons (Fsp3) is 0.909. The second-order valence-electron chi connectivity index (χ2n) is 4.44. The maximum absolute atomic E-state index is 11.8. The highest BCUT2D eigenvalue weighted by Gasteiger charge is 2.28. The van der Waals surface area contributed by atoms with Crippen LogP contribution in [0, 0.1) is 0 Å². The van der Waals surface area contributed by atoms with Gasteiger partial charge in [0.25, 0.3) is 0 Å². The van der Waals surface area contributed by atoms with Crippen LogP contribution in [-0.2, 0) is 9.53 Å². The maximum Gasteiger partial charge on any atom is 0.411 e. The van der Waals surface area contributed by atoms with E-state index in [1.165, 1.54) is 0 Å². The van der Waals surface area contributed by atoms with Gasteiger partial charge in [-0.15, -0.1) is 0 Å². The van der Waals surface area contributed by atoms with E-state index in [0.717, 1.165) is 32.1 Å². The lowest BCUT2D eigenvalue weighted by atomic mass is 10.1. The van der Waals surface area contributed by atoms with Crippen LogP contribution in [0.4, 0.5) is 13.2 Å². The Morgan fingerprint density at radius 1 is 1.28 bits per heavy atom. The highest BCUT2D eigenvalue weighted by atomic mass is 79.9. The monoisotopic (exact) mass is 331 g/mol. The van der Waals surface area contributed by atoms with E-state index in [9.17, 15) is 18.0 Å². The summed E-state index contributed by atoms with van der Waals surface area (Å²) < 4.78 is 39.8. The van der Waals surface area contributed by atoms with E-state index in [1.54, 1.807) is 0 Å². The van der Waals surface area contributed by atoms with Gasteiger partial charge in [-0.25, -0.2) is 0 Å². The van der Waals surface area contributed by atoms with Gasteiger partial charge in [-0.05, 0) is 12.8 Å². The molecule has 0 aliphatic heterocycles. The molecule has 2 unspecified atom stereocenters. The summed E-state index contributed by atoms with van der Waals surface area (Å²) in [5.74, 6) is -0.490. The third kappa shape index (κ3) is 6.58. The fourth-order valence-electron chi connectivity index (χ4n) is 1.93. The Bertz CT molecular complexity index is 274. The zero-order valence-corrected chi connectivity index (χ0v) is 11.5. The van der Waals surface area contributed by atoms with Crippen molar-refractivity contribution in [3.63, 3.8) is 0 Å². The van der Waals surface area contributed by atoms with Gasteiger partial charge in [0, 0.05) is 10.9 Å². The van der Waals surface area contributed by atoms with Crippen molar-refractivity contribution in [3.05, 3.63) is 0 Å². The van der Waals surface area contributed by atoms with Crippen LogP contribution in [0.2, 0.25) is 0 Å². The largest absolute Gasteiger partial charge is 0.411 e. The molecular weight excluding hydrogens is 315 g/mol. The number of amides is 1. The van der Waals surface area contributed by atoms with Crippen molar-refractivity contribution >= 4 is 21.8 Å². The first-order chi connectivity index (χ1) is 8.38. The lowest BCUT2D eigenvalue weighted by Gasteiger charge is -2.21. The van der Waals surface area contributed by atoms with Gasteiger partial charge in [-0.3, -0.25) is 4.79 Å². The minimum Gasteiger partial charge on any atom is -0.362 e. The van der Waals surface area contributed by atoms with Crippen LogP contribution in [0.15, 0.2) is 0 Å². The third-order valence-corrected chi connectivity index (χ3v) is 3.87. The predicted octanol–water partition coefficient (Wildman–Crippen LogP) is 2.78. The van der Waals surface area contributed by atoms with E-state index in [-0.39, 0.29) is 10.9 Å². The molecule has 1 saturated carbocycles. The summed E-state index contributed by atoms with van der Waals surface area (Å²) in [5, 5.41) is 2.72. The first-order valence-electron chi connectivity index (χ1n) is 5.96. The lowest BCUT2D eigenvalue weighted by molar-refractivity contribution is -0.175. The Morgan fingerprint density at radius 3 is 2.61 bits per heavy atom. The van der Waals surface area contributed by atoms with Crippen LogP contribution in [-0.4, -0.2) is 36.2 Å². The summed E-state index contributed by atoms with van der Waals surface area (Å²) in [6.07, 6.45) is 0.679. The molecule has 3 nitrogen and oxygen atoms in total. The maximum atomic E-state index is 11.8. The van der Waals surface area contributed by atoms with Crippen LogP contribution in [0.3, 0.4) is 0 Å². The van der Waals surface area contributed by atoms with Crippen molar-refractivity contribution in [2.24, 2.45) is 0 Å². The summed E-state index contributed by atoms with van der Waals surface area (Å²) in [6.45, 7) is -1.93. The lowest BCUT2D eigenvalue weighted by Crippen LogP contribution is -2.42. The molecule has 1 fully saturated rings. The van der Waals surface area contributed by atoms with Crippen LogP contribution < -0.4 is 5.32 Å². The van der Waals surface area contributed by atoms with E-state index in [2.05, 4.69) is 26.0 Å². The van der Waals surface area contributed by atoms with Gasteiger partial charge in [0.05, 0.1) is 0 Å². The number of alkyl halides is 4. The number of hydrogen-bond donors (Lipinski definition) is 1. The van der Waals surface area contributed by atoms with Crippen molar-refractivity contribution in [3.8, 4) is 0 Å². The number of hydrogen-bond acceptors (Lipinski definition) is 2. The minimum atomic E-state index is -4.39. The molecule has 0 bridgehead atoms. The predicted molar refractivity (Wildman–Crippen MR) is 64.6 cm³/mol. The van der Waals surface area contributed by atoms with E-state index >= 15 is 0 Å². The molecular formula is C11H17BrF3NO2. The van der Waals surface area contributed by atoms with Crippen LogP contribution >= 0.6 is 15.9 Å². The zero-order chi connectivity index (χ0) is 13.6. The molecule has 0 saturated heterocycles. The van der Waals surface area contributed by atoms with Crippen molar-refractivity contribution in [2.75, 3.05) is 13.2 Å². The van der Waals surface area contributed by atoms with E-state index < -0.39 is 25.3 Å². The fourth-order valence-corrected chi connectivity index (χ4v) is 2.65. The number of carbonyl (C=O) groups is 1. The normalized spacial score (nSPS) is 25.6. The van der Waals surface area contributed by atoms with Crippen LogP contribution in [0.5, 0.6) is 0 Å². The van der Waals surface area contributed by atoms with Crippen molar-refractivity contribution in [2.45, 2.75) is 49.1 Å². The average Bonchev–Trinajstić information content (AvgIpc) is 2.42. The van der Waals surface area contributed by atoms with Crippen LogP contribution in [0.1, 0.15) is 32.1 Å². The molecule has 0 aromatic rings. The molecule has 0 aromatic carbocycles. The Labute approximate surface area is 113 Å². The molecule has 1 rings (SSSR count). The summed E-state index contributed by atoms with van der Waals surface area (Å²) in [5.41, 5.74) is 0. The highest BCUT2D eigenvalue weighted by molar-refractivity contribution is 9.09. The Kier molecular flexibility index (Phi) is 6.42. The number of ether oxygens (including phenoxy) is 1. The van der Waals surface area contributed by atoms with Gasteiger partial charge in [0.15, 0.2) is 0 Å². The number of nitrogens with one attached hydrogen (secondary N) is 1. The van der Waals surface area contributed by atoms with E-state index in [0.29, 0.717) is 0 Å². The molecule has 0 radical (unpaired) electrons. The third-order valence-electron chi connectivity index (χ3n) is 2.78. The number of carbonyl (C=O) groups excluding carboxylic acids is 1. The van der Waals surface area contributed by atoms with E-state index in [4.69, 9.17) is 0 Å². The Morgan fingerprint density at radius 2 is 1.94 bits per heavy atom. The molecule has 2 atom stereocenters. The summed E-state index contributed by atoms with van der Waals surface area (Å²) in [7, 11) is 0. The number of halogens is 4. The molecule has 7 heteroatoms.